The summed E-state index contributed by atoms with van der Waals surface area (Å²) in [5.41, 5.74) is 1.53. The lowest BCUT2D eigenvalue weighted by Gasteiger charge is -2.39. The predicted octanol–water partition coefficient (Wildman–Crippen LogP) is -0.198. The molecule has 176 valence electrons. The van der Waals surface area contributed by atoms with Crippen molar-refractivity contribution in [3.8, 4) is 11.5 Å². The Morgan fingerprint density at radius 1 is 1.09 bits per heavy atom. The quantitative estimate of drug-likeness (QED) is 0.279. The van der Waals surface area contributed by atoms with Crippen molar-refractivity contribution in [3.63, 3.8) is 0 Å². The number of rotatable bonds is 7. The van der Waals surface area contributed by atoms with E-state index in [2.05, 4.69) is 4.72 Å². The second kappa shape index (κ2) is 9.83. The molecule has 1 heterocycles. The van der Waals surface area contributed by atoms with Crippen molar-refractivity contribution in [2.45, 2.75) is 42.3 Å². The summed E-state index contributed by atoms with van der Waals surface area (Å²) < 4.78 is 30.4. The highest BCUT2D eigenvalue weighted by molar-refractivity contribution is 8.00. The summed E-state index contributed by atoms with van der Waals surface area (Å²) in [5, 5.41) is 54.2. The summed E-state index contributed by atoms with van der Waals surface area (Å²) in [7, 11) is -3.88. The molecule has 0 unspecified atom stereocenters. The van der Waals surface area contributed by atoms with Crippen molar-refractivity contribution in [1.82, 2.24) is 0 Å². The van der Waals surface area contributed by atoms with E-state index in [1.165, 1.54) is 6.07 Å². The van der Waals surface area contributed by atoms with E-state index in [0.29, 0.717) is 23.2 Å². The molecule has 1 saturated heterocycles. The van der Waals surface area contributed by atoms with Crippen molar-refractivity contribution < 1.29 is 38.7 Å². The fourth-order valence-corrected chi connectivity index (χ4v) is 5.15. The third-order valence-corrected chi connectivity index (χ3v) is 7.04. The number of nitrogens with one attached hydrogen (secondary N) is 1. The van der Waals surface area contributed by atoms with Crippen LogP contribution >= 0.6 is 11.8 Å². The number of aliphatic hydroxyl groups excluding tert-OH is 4. The van der Waals surface area contributed by atoms with Crippen LogP contribution in [0.25, 0.3) is 0 Å². The van der Waals surface area contributed by atoms with Gasteiger partial charge in [0.15, 0.2) is 5.44 Å². The Hall–Kier alpha value is -2.06. The fourth-order valence-electron chi connectivity index (χ4n) is 3.45. The summed E-state index contributed by atoms with van der Waals surface area (Å²) in [6, 6.07) is 9.46. The minimum absolute atomic E-state index is 0.0523. The van der Waals surface area contributed by atoms with Gasteiger partial charge >= 0.3 is 0 Å². The number of anilines is 1. The van der Waals surface area contributed by atoms with Gasteiger partial charge in [0.2, 0.25) is 0 Å². The Morgan fingerprint density at radius 2 is 1.75 bits per heavy atom. The molecule has 1 fully saturated rings. The zero-order valence-electron chi connectivity index (χ0n) is 17.1. The number of aromatic hydroxyl groups is 1. The van der Waals surface area contributed by atoms with Gasteiger partial charge in [-0.05, 0) is 36.2 Å². The van der Waals surface area contributed by atoms with Gasteiger partial charge in [0.05, 0.1) is 18.0 Å². The average molecular weight is 487 g/mol. The summed E-state index contributed by atoms with van der Waals surface area (Å²) >= 11 is 0.989. The van der Waals surface area contributed by atoms with E-state index in [0.717, 1.165) is 17.3 Å². The first-order chi connectivity index (χ1) is 15.0. The lowest BCUT2D eigenvalue weighted by atomic mass is 9.99. The minimum atomic E-state index is -3.88. The van der Waals surface area contributed by atoms with Crippen molar-refractivity contribution in [2.24, 2.45) is 5.14 Å². The van der Waals surface area contributed by atoms with Gasteiger partial charge in [-0.1, -0.05) is 12.1 Å². The molecule has 1 aliphatic heterocycles. The van der Waals surface area contributed by atoms with Crippen LogP contribution in [0.3, 0.4) is 0 Å². The summed E-state index contributed by atoms with van der Waals surface area (Å²) in [6.07, 6.45) is -3.87. The number of phenolic OH excluding ortho intramolecular Hbond substituents is 1. The molecular weight excluding hydrogens is 460 g/mol. The molecule has 5 atom stereocenters. The first-order valence-electron chi connectivity index (χ1n) is 9.67. The highest BCUT2D eigenvalue weighted by Gasteiger charge is 2.44. The van der Waals surface area contributed by atoms with Crippen LogP contribution in [0.4, 0.5) is 5.69 Å². The maximum Gasteiger partial charge on any atom is 0.296 e. The SMILES string of the molecule is Cc1cc(O)cc(O[C@@H]2S[C@H](CO)[C@@H](O)[C@H](O)[C@H]2O)c1Cc1ccc(NS(N)(=O)=O)cc1. The highest BCUT2D eigenvalue weighted by atomic mass is 32.2. The number of phenols is 1. The van der Waals surface area contributed by atoms with Gasteiger partial charge in [-0.25, -0.2) is 5.14 Å². The van der Waals surface area contributed by atoms with E-state index in [1.807, 2.05) is 0 Å². The number of ether oxygens (including phenoxy) is 1. The predicted molar refractivity (Wildman–Crippen MR) is 120 cm³/mol. The van der Waals surface area contributed by atoms with Crippen LogP contribution in [0.5, 0.6) is 11.5 Å². The van der Waals surface area contributed by atoms with Gasteiger partial charge < -0.3 is 30.3 Å². The maximum absolute atomic E-state index is 11.2. The number of hydrogen-bond acceptors (Lipinski definition) is 9. The van der Waals surface area contributed by atoms with E-state index >= 15 is 0 Å². The standard InChI is InChI=1S/C20H26N2O8S2/c1-10-6-13(24)8-15(30-20-19(27)18(26)17(25)16(9-23)31-20)14(10)7-11-2-4-12(5-3-11)22-32(21,28)29/h2-6,8,16-20,22-27H,7,9H2,1H3,(H2,21,28,29)/t16-,17-,18+,19-,20-/m1/s1. The molecule has 3 rings (SSSR count). The Kier molecular flexibility index (Phi) is 7.55. The molecule has 0 amide bonds. The van der Waals surface area contributed by atoms with Gasteiger partial charge in [-0.15, -0.1) is 11.8 Å². The molecule has 0 spiro atoms. The van der Waals surface area contributed by atoms with Crippen LogP contribution in [0.1, 0.15) is 16.7 Å². The first kappa shape index (κ1) is 24.6. The van der Waals surface area contributed by atoms with Crippen LogP contribution in [0.2, 0.25) is 0 Å². The molecule has 0 aliphatic carbocycles. The molecule has 10 nitrogen and oxygen atoms in total. The third kappa shape index (κ3) is 5.84. The minimum Gasteiger partial charge on any atom is -0.508 e. The molecular formula is C20H26N2O8S2. The zero-order valence-corrected chi connectivity index (χ0v) is 18.8. The van der Waals surface area contributed by atoms with Crippen LogP contribution in [-0.4, -0.2) is 69.6 Å². The van der Waals surface area contributed by atoms with Gasteiger partial charge in [-0.3, -0.25) is 4.72 Å². The molecule has 0 bridgehead atoms. The zero-order chi connectivity index (χ0) is 23.6. The topological polar surface area (TPSA) is 183 Å². The summed E-state index contributed by atoms with van der Waals surface area (Å²) in [5.74, 6) is 0.217. The van der Waals surface area contributed by atoms with Gasteiger partial charge in [0.25, 0.3) is 10.2 Å². The highest BCUT2D eigenvalue weighted by Crippen LogP contribution is 2.37. The van der Waals surface area contributed by atoms with E-state index in [4.69, 9.17) is 9.88 Å². The lowest BCUT2D eigenvalue weighted by molar-refractivity contribution is -0.0910. The summed E-state index contributed by atoms with van der Waals surface area (Å²) in [4.78, 5) is 0. The lowest BCUT2D eigenvalue weighted by Crippen LogP contribution is -2.55. The van der Waals surface area contributed by atoms with Gasteiger partial charge in [-0.2, -0.15) is 8.42 Å². The van der Waals surface area contributed by atoms with Gasteiger partial charge in [0.1, 0.15) is 23.7 Å². The normalized spacial score (nSPS) is 26.0. The van der Waals surface area contributed by atoms with Crippen molar-refractivity contribution >= 4 is 27.7 Å². The van der Waals surface area contributed by atoms with Crippen molar-refractivity contribution in [1.29, 1.82) is 0 Å². The van der Waals surface area contributed by atoms with E-state index < -0.39 is 45.8 Å². The van der Waals surface area contributed by atoms with Crippen LogP contribution in [0, 0.1) is 6.92 Å². The Morgan fingerprint density at radius 3 is 2.34 bits per heavy atom. The first-order valence-corrected chi connectivity index (χ1v) is 12.2. The largest absolute Gasteiger partial charge is 0.508 e. The monoisotopic (exact) mass is 486 g/mol. The number of aliphatic hydroxyl groups is 4. The van der Waals surface area contributed by atoms with Crippen LogP contribution < -0.4 is 14.6 Å². The molecule has 1 aliphatic rings. The number of hydrogen-bond donors (Lipinski definition) is 7. The van der Waals surface area contributed by atoms with Crippen LogP contribution in [-0.2, 0) is 16.6 Å². The molecule has 0 radical (unpaired) electrons. The molecule has 12 heteroatoms. The van der Waals surface area contributed by atoms with Crippen molar-refractivity contribution in [2.75, 3.05) is 11.3 Å². The Labute approximate surface area is 189 Å². The smallest absolute Gasteiger partial charge is 0.296 e. The molecule has 32 heavy (non-hydrogen) atoms. The van der Waals surface area contributed by atoms with E-state index in [1.54, 1.807) is 37.3 Å². The molecule has 2 aromatic rings. The van der Waals surface area contributed by atoms with Gasteiger partial charge in [0, 0.05) is 23.7 Å². The van der Waals surface area contributed by atoms with E-state index in [-0.39, 0.29) is 11.5 Å². The number of thioether (sulfide) groups is 1. The summed E-state index contributed by atoms with van der Waals surface area (Å²) in [6.45, 7) is 1.36. The number of aryl methyl sites for hydroxylation is 1. The fraction of sp³-hybridized carbons (Fsp3) is 0.400. The molecule has 2 aromatic carbocycles. The average Bonchev–Trinajstić information content (AvgIpc) is 2.71. The second-order valence-electron chi connectivity index (χ2n) is 7.58. The number of nitrogens with two attached hydrogens (primary N) is 1. The van der Waals surface area contributed by atoms with Crippen molar-refractivity contribution in [3.05, 3.63) is 53.1 Å². The number of benzene rings is 2. The van der Waals surface area contributed by atoms with Crippen LogP contribution in [0.15, 0.2) is 36.4 Å². The molecule has 0 aromatic heterocycles. The molecule has 0 saturated carbocycles. The Bertz CT molecular complexity index is 1050. The third-order valence-electron chi connectivity index (χ3n) is 5.10. The molecule has 8 N–H and O–H groups in total. The second-order valence-corrected chi connectivity index (χ2v) is 10.2. The van der Waals surface area contributed by atoms with E-state index in [9.17, 15) is 34.0 Å². The maximum atomic E-state index is 11.2. The Balaban J connectivity index is 1.85.